The van der Waals surface area contributed by atoms with Gasteiger partial charge in [0.1, 0.15) is 6.54 Å². The Hall–Kier alpha value is -7.91. The predicted molar refractivity (Wildman–Crippen MR) is 279 cm³/mol. The molecule has 0 bridgehead atoms. The van der Waals surface area contributed by atoms with E-state index in [0.29, 0.717) is 45.6 Å². The van der Waals surface area contributed by atoms with Crippen molar-refractivity contribution in [3.63, 3.8) is 0 Å². The first-order valence-corrected chi connectivity index (χ1v) is 24.2. The van der Waals surface area contributed by atoms with Gasteiger partial charge >= 0.3 is 5.97 Å². The Morgan fingerprint density at radius 2 is 0.900 bits per heavy atom. The fourth-order valence-electron chi connectivity index (χ4n) is 10.4. The lowest BCUT2D eigenvalue weighted by molar-refractivity contribution is -0.143. The largest absolute Gasteiger partial charge is 0.465 e. The summed E-state index contributed by atoms with van der Waals surface area (Å²) >= 11 is 0. The maximum absolute atomic E-state index is 13.2. The fraction of sp³-hybridized carbons (Fsp3) is 0.177. The molecule has 2 aliphatic heterocycles. The summed E-state index contributed by atoms with van der Waals surface area (Å²) in [6, 6.07) is 71.3. The van der Waals surface area contributed by atoms with Crippen LogP contribution in [0.5, 0.6) is 0 Å². The maximum atomic E-state index is 13.2. The lowest BCUT2D eigenvalue weighted by atomic mass is 9.74. The lowest BCUT2D eigenvalue weighted by Gasteiger charge is -2.47. The molecule has 0 radical (unpaired) electrons. The van der Waals surface area contributed by atoms with E-state index in [0.717, 1.165) is 39.2 Å². The van der Waals surface area contributed by atoms with E-state index in [9.17, 15) is 14.4 Å². The lowest BCUT2D eigenvalue weighted by Crippen LogP contribution is -2.52. The number of H-pyrrole nitrogens is 1. The number of esters is 1. The molecule has 0 atom stereocenters. The zero-order valence-corrected chi connectivity index (χ0v) is 39.6. The second kappa shape index (κ2) is 22.0. The van der Waals surface area contributed by atoms with Gasteiger partial charge in [-0.05, 0) is 76.7 Å². The molecule has 8 heteroatoms. The van der Waals surface area contributed by atoms with Crippen molar-refractivity contribution >= 4 is 29.7 Å². The van der Waals surface area contributed by atoms with Gasteiger partial charge in [-0.15, -0.1) is 0 Å². The van der Waals surface area contributed by atoms with E-state index in [1.54, 1.807) is 6.92 Å². The summed E-state index contributed by atoms with van der Waals surface area (Å²) in [6.45, 7) is 4.62. The normalized spacial score (nSPS) is 15.9. The first kappa shape index (κ1) is 47.2. The van der Waals surface area contributed by atoms with Crippen molar-refractivity contribution in [1.82, 2.24) is 19.4 Å². The highest BCUT2D eigenvalue weighted by molar-refractivity contribution is 6.01. The molecule has 0 spiro atoms. The molecule has 350 valence electrons. The second-order valence-electron chi connectivity index (χ2n) is 17.6. The molecule has 8 nitrogen and oxygen atoms in total. The van der Waals surface area contributed by atoms with Gasteiger partial charge in [0.05, 0.1) is 17.7 Å². The average Bonchev–Trinajstić information content (AvgIpc) is 4.10. The molecule has 2 aliphatic rings. The van der Waals surface area contributed by atoms with Gasteiger partial charge in [-0.1, -0.05) is 182 Å². The third-order valence-electron chi connectivity index (χ3n) is 13.5. The zero-order chi connectivity index (χ0) is 48.2. The van der Waals surface area contributed by atoms with E-state index in [2.05, 4.69) is 179 Å². The summed E-state index contributed by atoms with van der Waals surface area (Å²) in [4.78, 5) is 46.4. The van der Waals surface area contributed by atoms with E-state index >= 15 is 0 Å². The van der Waals surface area contributed by atoms with Gasteiger partial charge in [-0.2, -0.15) is 0 Å². The number of nitrogens with zero attached hydrogens (tertiary/aromatic N) is 3. The van der Waals surface area contributed by atoms with Crippen molar-refractivity contribution in [1.29, 1.82) is 0 Å². The molecule has 8 aromatic rings. The molecule has 70 heavy (non-hydrogen) atoms. The Balaban J connectivity index is 0.000000176. The Labute approximate surface area is 411 Å². The topological polar surface area (TPSA) is 87.6 Å². The van der Waals surface area contributed by atoms with Crippen molar-refractivity contribution in [3.8, 4) is 0 Å². The number of aromatic amines is 1. The van der Waals surface area contributed by atoms with Crippen LogP contribution in [0.15, 0.2) is 230 Å². The van der Waals surface area contributed by atoms with Crippen molar-refractivity contribution in [3.05, 3.63) is 275 Å². The first-order valence-electron chi connectivity index (χ1n) is 24.2. The second-order valence-corrected chi connectivity index (χ2v) is 17.6. The van der Waals surface area contributed by atoms with Crippen LogP contribution in [0, 0.1) is 0 Å². The minimum absolute atomic E-state index is 0.111. The molecular weight excluding hydrogens is 865 g/mol. The van der Waals surface area contributed by atoms with Gasteiger partial charge in [0.15, 0.2) is 11.6 Å². The molecule has 2 fully saturated rings. The summed E-state index contributed by atoms with van der Waals surface area (Å²) in [5.74, 6) is 0.0587. The molecular formula is C62H58N4O4. The number of carbonyl (C=O) groups is 3. The van der Waals surface area contributed by atoms with Crippen LogP contribution in [0.1, 0.15) is 64.5 Å². The molecule has 0 aliphatic carbocycles. The quantitative estimate of drug-likeness (QED) is 0.0704. The summed E-state index contributed by atoms with van der Waals surface area (Å²) in [5, 5.41) is 0. The van der Waals surface area contributed by atoms with Gasteiger partial charge in [0, 0.05) is 73.9 Å². The Bertz CT molecular complexity index is 2830. The summed E-state index contributed by atoms with van der Waals surface area (Å²) in [6.07, 6.45) is 8.58. The summed E-state index contributed by atoms with van der Waals surface area (Å²) in [7, 11) is 0. The highest BCUT2D eigenvalue weighted by atomic mass is 16.5. The minimum Gasteiger partial charge on any atom is -0.465 e. The number of hydrogen-bond acceptors (Lipinski definition) is 6. The molecule has 10 rings (SSSR count). The number of ether oxygens (including phenoxy) is 1. The maximum Gasteiger partial charge on any atom is 0.325 e. The molecule has 6 aromatic carbocycles. The van der Waals surface area contributed by atoms with Crippen LogP contribution in [0.2, 0.25) is 0 Å². The Morgan fingerprint density at radius 1 is 0.514 bits per heavy atom. The van der Waals surface area contributed by atoms with Crippen LogP contribution >= 0.6 is 0 Å². The van der Waals surface area contributed by atoms with E-state index in [4.69, 9.17) is 4.74 Å². The van der Waals surface area contributed by atoms with E-state index < -0.39 is 11.1 Å². The number of hydrogen-bond donors (Lipinski definition) is 1. The van der Waals surface area contributed by atoms with E-state index in [1.165, 1.54) is 16.7 Å². The minimum atomic E-state index is -0.587. The highest BCUT2D eigenvalue weighted by Crippen LogP contribution is 2.45. The predicted octanol–water partition coefficient (Wildman–Crippen LogP) is 11.4. The monoisotopic (exact) mass is 922 g/mol. The number of ketones is 2. The van der Waals surface area contributed by atoms with Crippen LogP contribution in [-0.4, -0.2) is 69.7 Å². The molecule has 0 amide bonds. The highest BCUT2D eigenvalue weighted by Gasteiger charge is 2.45. The Kier molecular flexibility index (Phi) is 14.8. The van der Waals surface area contributed by atoms with Crippen LogP contribution in [0.4, 0.5) is 0 Å². The standard InChI is InChI=1S/C33H32N2O3.C29H26N2O/c1-2-38-32(37)25-34-21-12-19-30(34)23-26-24-35(22-20-31(26)36)33(27-13-6-3-7-14-27,28-15-8-4-9-16-28)29-17-10-5-11-18-29;32-28-18-20-31(22-23(28)21-27-17-10-19-30-27)29(24-11-4-1-5-12-24,25-13-6-2-7-14-25)26-15-8-3-9-16-26/h3-19,21,23H,2,20,22,24-25H2,1H3;1-17,19,21,30H,18,20,22H2/b26-23+;23-21+. The fourth-order valence-corrected chi connectivity index (χ4v) is 10.4. The van der Waals surface area contributed by atoms with Crippen molar-refractivity contribution < 1.29 is 19.1 Å². The molecule has 1 N–H and O–H groups in total. The number of likely N-dealkylation sites (tertiary alicyclic amines) is 2. The zero-order valence-electron chi connectivity index (χ0n) is 39.6. The van der Waals surface area contributed by atoms with Crippen LogP contribution in [0.25, 0.3) is 12.2 Å². The first-order chi connectivity index (χ1) is 34.4. The van der Waals surface area contributed by atoms with Crippen molar-refractivity contribution in [2.45, 2.75) is 37.4 Å². The molecule has 2 aromatic heterocycles. The van der Waals surface area contributed by atoms with E-state index in [1.807, 2.05) is 71.6 Å². The van der Waals surface area contributed by atoms with Gasteiger partial charge in [-0.3, -0.25) is 24.2 Å². The number of Topliss-reactive ketones (excluding diaryl/α,β-unsaturated/α-hetero) is 2. The number of benzene rings is 6. The van der Waals surface area contributed by atoms with Gasteiger partial charge < -0.3 is 14.3 Å². The number of piperidine rings is 2. The number of aromatic nitrogens is 2. The molecule has 2 saturated heterocycles. The van der Waals surface area contributed by atoms with Crippen molar-refractivity contribution in [2.75, 3.05) is 32.8 Å². The number of carbonyl (C=O) groups excluding carboxylic acids is 3. The van der Waals surface area contributed by atoms with Crippen molar-refractivity contribution in [2.24, 2.45) is 0 Å². The summed E-state index contributed by atoms with van der Waals surface area (Å²) < 4.78 is 6.96. The van der Waals surface area contributed by atoms with E-state index in [-0.39, 0.29) is 24.1 Å². The van der Waals surface area contributed by atoms with Gasteiger partial charge in [0.25, 0.3) is 0 Å². The van der Waals surface area contributed by atoms with Crippen LogP contribution < -0.4 is 0 Å². The SMILES string of the molecule is CCOC(=O)Cn1cccc1/C=C1\CN(C(c2ccccc2)(c2ccccc2)c2ccccc2)CCC1=O.O=C1CCN(C(c2ccccc2)(c2ccccc2)c2ccccc2)C/C1=C\c1ccc[nH]1. The molecule has 0 unspecified atom stereocenters. The van der Waals surface area contributed by atoms with Gasteiger partial charge in [0.2, 0.25) is 0 Å². The average molecular weight is 923 g/mol. The Morgan fingerprint density at radius 3 is 1.26 bits per heavy atom. The third kappa shape index (κ3) is 9.83. The van der Waals surface area contributed by atoms with Crippen LogP contribution in [-0.2, 0) is 36.7 Å². The smallest absolute Gasteiger partial charge is 0.325 e. The third-order valence-corrected chi connectivity index (χ3v) is 13.5. The molecule has 4 heterocycles. The summed E-state index contributed by atoms with van der Waals surface area (Å²) in [5.41, 5.74) is 9.30. The van der Waals surface area contributed by atoms with Gasteiger partial charge in [-0.25, -0.2) is 0 Å². The number of rotatable bonds is 13. The van der Waals surface area contributed by atoms with Crippen LogP contribution in [0.3, 0.4) is 0 Å². The molecule has 0 saturated carbocycles. The number of nitrogens with one attached hydrogen (secondary N) is 1.